The summed E-state index contributed by atoms with van der Waals surface area (Å²) in [5, 5.41) is 0. The molecule has 1 aromatic rings. The predicted octanol–water partition coefficient (Wildman–Crippen LogP) is 2.61. The number of esters is 1. The van der Waals surface area contributed by atoms with Crippen LogP contribution in [0, 0.1) is 0 Å². The number of amides is 1. The minimum absolute atomic E-state index is 0.136. The highest BCUT2D eigenvalue weighted by Crippen LogP contribution is 2.13. The number of hydrogen-bond donors (Lipinski definition) is 1. The summed E-state index contributed by atoms with van der Waals surface area (Å²) in [6, 6.07) is 7.42. The van der Waals surface area contributed by atoms with E-state index in [2.05, 4.69) is 4.74 Å². The van der Waals surface area contributed by atoms with E-state index in [4.69, 9.17) is 10.5 Å². The summed E-state index contributed by atoms with van der Waals surface area (Å²) in [7, 11) is 1.42. The standard InChI is InChI=1S/C17H25NO4/c1-21-17(20)7-5-3-2-4-6-12-22-15-10-8-14(9-11-15)13-16(18)19/h8-11H,2-7,12-13H2,1H3,(H2,18,19). The molecule has 122 valence electrons. The third-order valence-corrected chi connectivity index (χ3v) is 3.32. The second-order valence-corrected chi connectivity index (χ2v) is 5.23. The fourth-order valence-corrected chi connectivity index (χ4v) is 2.10. The minimum atomic E-state index is -0.333. The van der Waals surface area contributed by atoms with Gasteiger partial charge in [0.25, 0.3) is 0 Å². The largest absolute Gasteiger partial charge is 0.494 e. The van der Waals surface area contributed by atoms with Gasteiger partial charge in [-0.15, -0.1) is 0 Å². The summed E-state index contributed by atoms with van der Waals surface area (Å²) in [6.07, 6.45) is 5.85. The molecule has 1 rings (SSSR count). The van der Waals surface area contributed by atoms with E-state index in [0.29, 0.717) is 13.0 Å². The van der Waals surface area contributed by atoms with Crippen LogP contribution in [0.3, 0.4) is 0 Å². The molecular formula is C17H25NO4. The molecule has 0 aliphatic rings. The number of carbonyl (C=O) groups excluding carboxylic acids is 2. The summed E-state index contributed by atoms with van der Waals surface area (Å²) >= 11 is 0. The molecular weight excluding hydrogens is 282 g/mol. The molecule has 0 bridgehead atoms. The Morgan fingerprint density at radius 2 is 1.64 bits per heavy atom. The molecule has 0 radical (unpaired) electrons. The van der Waals surface area contributed by atoms with E-state index in [9.17, 15) is 9.59 Å². The normalized spacial score (nSPS) is 10.2. The van der Waals surface area contributed by atoms with Crippen molar-refractivity contribution >= 4 is 11.9 Å². The molecule has 5 nitrogen and oxygen atoms in total. The lowest BCUT2D eigenvalue weighted by molar-refractivity contribution is -0.140. The zero-order valence-electron chi connectivity index (χ0n) is 13.2. The van der Waals surface area contributed by atoms with Crippen LogP contribution < -0.4 is 10.5 Å². The van der Waals surface area contributed by atoms with Crippen LogP contribution in [0.2, 0.25) is 0 Å². The topological polar surface area (TPSA) is 78.6 Å². The first kappa shape index (κ1) is 18.0. The average Bonchev–Trinajstić information content (AvgIpc) is 2.50. The number of carbonyl (C=O) groups is 2. The van der Waals surface area contributed by atoms with E-state index in [1.807, 2.05) is 24.3 Å². The number of ether oxygens (including phenoxy) is 2. The van der Waals surface area contributed by atoms with Gasteiger partial charge >= 0.3 is 5.97 Å². The summed E-state index contributed by atoms with van der Waals surface area (Å²) < 4.78 is 10.2. The van der Waals surface area contributed by atoms with Crippen LogP contribution >= 0.6 is 0 Å². The maximum Gasteiger partial charge on any atom is 0.305 e. The molecule has 0 spiro atoms. The zero-order valence-corrected chi connectivity index (χ0v) is 13.2. The first-order valence-corrected chi connectivity index (χ1v) is 7.68. The second kappa shape index (κ2) is 10.7. The molecule has 1 amide bonds. The quantitative estimate of drug-likeness (QED) is 0.503. The summed E-state index contributed by atoms with van der Waals surface area (Å²) in [6.45, 7) is 0.673. The Morgan fingerprint density at radius 1 is 1.00 bits per heavy atom. The van der Waals surface area contributed by atoms with Gasteiger partial charge in [0, 0.05) is 6.42 Å². The smallest absolute Gasteiger partial charge is 0.305 e. The first-order valence-electron chi connectivity index (χ1n) is 7.68. The average molecular weight is 307 g/mol. The molecule has 0 aliphatic carbocycles. The molecule has 0 saturated carbocycles. The van der Waals surface area contributed by atoms with Crippen molar-refractivity contribution in [1.82, 2.24) is 0 Å². The van der Waals surface area contributed by atoms with E-state index < -0.39 is 0 Å². The van der Waals surface area contributed by atoms with Gasteiger partial charge < -0.3 is 15.2 Å². The second-order valence-electron chi connectivity index (χ2n) is 5.23. The van der Waals surface area contributed by atoms with Gasteiger partial charge in [-0.1, -0.05) is 31.4 Å². The van der Waals surface area contributed by atoms with Crippen molar-refractivity contribution in [3.05, 3.63) is 29.8 Å². The van der Waals surface area contributed by atoms with Crippen LogP contribution in [0.25, 0.3) is 0 Å². The van der Waals surface area contributed by atoms with E-state index in [1.165, 1.54) is 7.11 Å². The van der Waals surface area contributed by atoms with Crippen molar-refractivity contribution in [1.29, 1.82) is 0 Å². The lowest BCUT2D eigenvalue weighted by Gasteiger charge is -2.07. The number of hydrogen-bond acceptors (Lipinski definition) is 4. The summed E-state index contributed by atoms with van der Waals surface area (Å²) in [5.41, 5.74) is 6.03. The Bertz CT molecular complexity index is 456. The third-order valence-electron chi connectivity index (χ3n) is 3.32. The highest BCUT2D eigenvalue weighted by molar-refractivity contribution is 5.76. The Morgan fingerprint density at radius 3 is 2.27 bits per heavy atom. The molecule has 0 saturated heterocycles. The van der Waals surface area contributed by atoms with Crippen molar-refractivity contribution in [2.24, 2.45) is 5.73 Å². The van der Waals surface area contributed by atoms with Gasteiger partial charge in [-0.25, -0.2) is 0 Å². The molecule has 0 aliphatic heterocycles. The van der Waals surface area contributed by atoms with Crippen LogP contribution in [-0.2, 0) is 20.7 Å². The lowest BCUT2D eigenvalue weighted by Crippen LogP contribution is -2.13. The first-order chi connectivity index (χ1) is 10.6. The van der Waals surface area contributed by atoms with Crippen LogP contribution in [0.4, 0.5) is 0 Å². The Balaban J connectivity index is 2.05. The summed E-state index contributed by atoms with van der Waals surface area (Å²) in [5.74, 6) is 0.336. The van der Waals surface area contributed by atoms with Gasteiger partial charge in [-0.3, -0.25) is 9.59 Å². The summed E-state index contributed by atoms with van der Waals surface area (Å²) in [4.78, 5) is 21.7. The van der Waals surface area contributed by atoms with E-state index >= 15 is 0 Å². The monoisotopic (exact) mass is 307 g/mol. The van der Waals surface area contributed by atoms with Crippen molar-refractivity contribution in [2.75, 3.05) is 13.7 Å². The molecule has 0 heterocycles. The van der Waals surface area contributed by atoms with Crippen molar-refractivity contribution in [2.45, 2.75) is 44.9 Å². The zero-order chi connectivity index (χ0) is 16.2. The number of unbranched alkanes of at least 4 members (excludes halogenated alkanes) is 4. The highest BCUT2D eigenvalue weighted by Gasteiger charge is 2.00. The Hall–Kier alpha value is -2.04. The fourth-order valence-electron chi connectivity index (χ4n) is 2.10. The maximum absolute atomic E-state index is 10.9. The van der Waals surface area contributed by atoms with Gasteiger partial charge in [0.2, 0.25) is 5.91 Å². The van der Waals surface area contributed by atoms with Crippen LogP contribution in [0.1, 0.15) is 44.1 Å². The van der Waals surface area contributed by atoms with E-state index in [0.717, 1.165) is 43.4 Å². The van der Waals surface area contributed by atoms with Crippen molar-refractivity contribution in [3.63, 3.8) is 0 Å². The van der Waals surface area contributed by atoms with Crippen molar-refractivity contribution < 1.29 is 19.1 Å². The van der Waals surface area contributed by atoms with Crippen LogP contribution in [-0.4, -0.2) is 25.6 Å². The Labute approximate surface area is 131 Å². The van der Waals surface area contributed by atoms with E-state index in [1.54, 1.807) is 0 Å². The van der Waals surface area contributed by atoms with Crippen LogP contribution in [0.5, 0.6) is 5.75 Å². The van der Waals surface area contributed by atoms with Crippen LogP contribution in [0.15, 0.2) is 24.3 Å². The molecule has 2 N–H and O–H groups in total. The molecule has 0 atom stereocenters. The molecule has 0 aromatic heterocycles. The SMILES string of the molecule is COC(=O)CCCCCCCOc1ccc(CC(N)=O)cc1. The van der Waals surface area contributed by atoms with Gasteiger partial charge in [0.05, 0.1) is 20.1 Å². The Kier molecular flexibility index (Phi) is 8.72. The van der Waals surface area contributed by atoms with Gasteiger partial charge in [-0.05, 0) is 30.5 Å². The number of nitrogens with two attached hydrogens (primary N) is 1. The van der Waals surface area contributed by atoms with Crippen molar-refractivity contribution in [3.8, 4) is 5.75 Å². The molecule has 1 aromatic carbocycles. The number of benzene rings is 1. The van der Waals surface area contributed by atoms with E-state index in [-0.39, 0.29) is 18.3 Å². The number of primary amides is 1. The third kappa shape index (κ3) is 8.29. The lowest BCUT2D eigenvalue weighted by atomic mass is 10.1. The minimum Gasteiger partial charge on any atom is -0.494 e. The van der Waals surface area contributed by atoms with Gasteiger partial charge in [0.15, 0.2) is 0 Å². The molecule has 22 heavy (non-hydrogen) atoms. The number of methoxy groups -OCH3 is 1. The molecule has 5 heteroatoms. The number of rotatable bonds is 11. The molecule has 0 unspecified atom stereocenters. The van der Waals surface area contributed by atoms with Gasteiger partial charge in [0.1, 0.15) is 5.75 Å². The fraction of sp³-hybridized carbons (Fsp3) is 0.529. The predicted molar refractivity (Wildman–Crippen MR) is 84.6 cm³/mol. The molecule has 0 fully saturated rings. The maximum atomic E-state index is 10.9. The highest BCUT2D eigenvalue weighted by atomic mass is 16.5. The van der Waals surface area contributed by atoms with Gasteiger partial charge in [-0.2, -0.15) is 0 Å².